The van der Waals surface area contributed by atoms with Crippen molar-refractivity contribution in [1.82, 2.24) is 14.8 Å². The first-order valence-electron chi connectivity index (χ1n) is 12.7. The molecule has 0 saturated carbocycles. The summed E-state index contributed by atoms with van der Waals surface area (Å²) in [5.74, 6) is 0.863. The molecular formula is C28H37N5O2. The summed E-state index contributed by atoms with van der Waals surface area (Å²) in [6, 6.07) is 17.8. The van der Waals surface area contributed by atoms with Crippen LogP contribution in [0.2, 0.25) is 0 Å². The van der Waals surface area contributed by atoms with E-state index in [-0.39, 0.29) is 0 Å². The van der Waals surface area contributed by atoms with Crippen molar-refractivity contribution >= 4 is 11.7 Å². The summed E-state index contributed by atoms with van der Waals surface area (Å²) in [6.07, 6.45) is 4.38. The number of ether oxygens (including phenoxy) is 1. The molecule has 0 spiro atoms. The average molecular weight is 476 g/mol. The van der Waals surface area contributed by atoms with Crippen LogP contribution in [0, 0.1) is 0 Å². The van der Waals surface area contributed by atoms with Crippen LogP contribution in [-0.4, -0.2) is 68.2 Å². The molecule has 0 aliphatic carbocycles. The fraction of sp³-hybridized carbons (Fsp3) is 0.464. The fourth-order valence-electron chi connectivity index (χ4n) is 4.98. The highest BCUT2D eigenvalue weighted by atomic mass is 16.5. The number of rotatable bonds is 9. The molecule has 2 fully saturated rings. The van der Waals surface area contributed by atoms with Gasteiger partial charge in [-0.25, -0.2) is 0 Å². The molecule has 0 radical (unpaired) electrons. The Morgan fingerprint density at radius 3 is 2.37 bits per heavy atom. The van der Waals surface area contributed by atoms with Crippen LogP contribution in [-0.2, 0) is 19.6 Å². The topological polar surface area (TPSA) is 48.2 Å². The highest BCUT2D eigenvalue weighted by Crippen LogP contribution is 2.25. The van der Waals surface area contributed by atoms with E-state index in [0.717, 1.165) is 63.8 Å². The zero-order chi connectivity index (χ0) is 24.0. The second-order valence-electron chi connectivity index (χ2n) is 9.77. The Bertz CT molecular complexity index is 1090. The predicted octanol–water partition coefficient (Wildman–Crippen LogP) is 4.24. The van der Waals surface area contributed by atoms with Gasteiger partial charge in [-0.3, -0.25) is 4.90 Å². The number of likely N-dealkylation sites (N-methyl/N-ethyl adjacent to an activating group) is 1. The van der Waals surface area contributed by atoms with Crippen molar-refractivity contribution in [3.05, 3.63) is 71.6 Å². The molecule has 0 amide bonds. The minimum atomic E-state index is 0.670. The molecule has 2 saturated heterocycles. The van der Waals surface area contributed by atoms with E-state index >= 15 is 0 Å². The maximum Gasteiger partial charge on any atom is 0.298 e. The third-order valence-electron chi connectivity index (χ3n) is 7.05. The number of methoxy groups -OCH3 is 1. The Labute approximate surface area is 208 Å². The van der Waals surface area contributed by atoms with Gasteiger partial charge >= 0.3 is 0 Å². The van der Waals surface area contributed by atoms with Crippen LogP contribution in [0.5, 0.6) is 5.75 Å². The van der Waals surface area contributed by atoms with Gasteiger partial charge in [0.2, 0.25) is 0 Å². The minimum Gasteiger partial charge on any atom is -0.497 e. The molecule has 3 aromatic rings. The van der Waals surface area contributed by atoms with Crippen molar-refractivity contribution in [2.24, 2.45) is 0 Å². The van der Waals surface area contributed by atoms with Crippen LogP contribution in [0.15, 0.2) is 59.2 Å². The summed E-state index contributed by atoms with van der Waals surface area (Å²) in [7, 11) is 3.89. The van der Waals surface area contributed by atoms with E-state index in [1.54, 1.807) is 7.11 Å². The van der Waals surface area contributed by atoms with Gasteiger partial charge in [0, 0.05) is 64.6 Å². The van der Waals surface area contributed by atoms with Crippen LogP contribution < -0.4 is 14.5 Å². The van der Waals surface area contributed by atoms with Crippen molar-refractivity contribution in [3.63, 3.8) is 0 Å². The van der Waals surface area contributed by atoms with E-state index in [9.17, 15) is 0 Å². The number of benzene rings is 2. The second-order valence-corrected chi connectivity index (χ2v) is 9.77. The molecule has 1 aromatic heterocycles. The number of hydrogen-bond acceptors (Lipinski definition) is 7. The van der Waals surface area contributed by atoms with Gasteiger partial charge in [-0.1, -0.05) is 24.3 Å². The molecule has 35 heavy (non-hydrogen) atoms. The Morgan fingerprint density at radius 1 is 0.914 bits per heavy atom. The third kappa shape index (κ3) is 6.16. The molecule has 0 bridgehead atoms. The van der Waals surface area contributed by atoms with Crippen LogP contribution in [0.25, 0.3) is 0 Å². The van der Waals surface area contributed by atoms with Gasteiger partial charge in [-0.15, -0.1) is 0 Å². The monoisotopic (exact) mass is 475 g/mol. The summed E-state index contributed by atoms with van der Waals surface area (Å²) < 4.78 is 11.5. The van der Waals surface area contributed by atoms with Crippen LogP contribution in [0.3, 0.4) is 0 Å². The van der Waals surface area contributed by atoms with Gasteiger partial charge in [0.1, 0.15) is 12.0 Å². The summed E-state index contributed by atoms with van der Waals surface area (Å²) in [5.41, 5.74) is 4.73. The van der Waals surface area contributed by atoms with Crippen molar-refractivity contribution in [3.8, 4) is 5.75 Å². The first-order chi connectivity index (χ1) is 17.2. The maximum atomic E-state index is 6.06. The standard InChI is InChI=1S/C28H37N5O2/c1-30-13-15-31(16-14-30)21-25-22-35-28(29-25)33(20-24-8-6-10-27(18-24)34-2)19-23-7-5-9-26(17-23)32-11-3-4-12-32/h5-10,17-18,22H,3-4,11-16,19-21H2,1-2H3. The Kier molecular flexibility index (Phi) is 7.54. The summed E-state index contributed by atoms with van der Waals surface area (Å²) >= 11 is 0. The normalized spacial score (nSPS) is 17.1. The maximum absolute atomic E-state index is 6.06. The lowest BCUT2D eigenvalue weighted by atomic mass is 10.1. The number of nitrogens with zero attached hydrogens (tertiary/aromatic N) is 5. The lowest BCUT2D eigenvalue weighted by Crippen LogP contribution is -2.43. The molecule has 5 rings (SSSR count). The SMILES string of the molecule is COc1cccc(CN(Cc2cccc(N3CCCC3)c2)c2nc(CN3CCN(C)CC3)co2)c1. The molecule has 0 atom stereocenters. The van der Waals surface area contributed by atoms with Crippen molar-refractivity contribution in [1.29, 1.82) is 0 Å². The van der Waals surface area contributed by atoms with Crippen LogP contribution in [0.4, 0.5) is 11.7 Å². The predicted molar refractivity (Wildman–Crippen MR) is 140 cm³/mol. The van der Waals surface area contributed by atoms with Crippen molar-refractivity contribution in [2.75, 3.05) is 63.2 Å². The average Bonchev–Trinajstić information content (AvgIpc) is 3.58. The van der Waals surface area contributed by atoms with E-state index in [4.69, 9.17) is 14.1 Å². The zero-order valence-electron chi connectivity index (χ0n) is 21.0. The number of aromatic nitrogens is 1. The summed E-state index contributed by atoms with van der Waals surface area (Å²) in [4.78, 5) is 14.5. The molecule has 7 nitrogen and oxygen atoms in total. The summed E-state index contributed by atoms with van der Waals surface area (Å²) in [6.45, 7) is 8.87. The minimum absolute atomic E-state index is 0.670. The molecule has 0 N–H and O–H groups in total. The first-order valence-corrected chi connectivity index (χ1v) is 12.7. The molecule has 186 valence electrons. The highest BCUT2D eigenvalue weighted by molar-refractivity contribution is 5.50. The number of oxazole rings is 1. The van der Waals surface area contributed by atoms with E-state index in [2.05, 4.69) is 63.0 Å². The lowest BCUT2D eigenvalue weighted by molar-refractivity contribution is 0.147. The van der Waals surface area contributed by atoms with Gasteiger partial charge in [0.25, 0.3) is 6.01 Å². The smallest absolute Gasteiger partial charge is 0.298 e. The molecule has 2 aliphatic heterocycles. The molecule has 0 unspecified atom stereocenters. The third-order valence-corrected chi connectivity index (χ3v) is 7.05. The van der Waals surface area contributed by atoms with Crippen LogP contribution in [0.1, 0.15) is 29.7 Å². The van der Waals surface area contributed by atoms with Crippen LogP contribution >= 0.6 is 0 Å². The van der Waals surface area contributed by atoms with E-state index in [1.807, 2.05) is 18.4 Å². The largest absolute Gasteiger partial charge is 0.497 e. The number of anilines is 2. The number of piperazine rings is 1. The summed E-state index contributed by atoms with van der Waals surface area (Å²) in [5, 5.41) is 0. The van der Waals surface area contributed by atoms with Gasteiger partial charge in [-0.05, 0) is 55.3 Å². The van der Waals surface area contributed by atoms with Gasteiger partial charge < -0.3 is 23.9 Å². The van der Waals surface area contributed by atoms with Crippen molar-refractivity contribution in [2.45, 2.75) is 32.5 Å². The Hall–Kier alpha value is -3.03. The Balaban J connectivity index is 1.35. The highest BCUT2D eigenvalue weighted by Gasteiger charge is 2.19. The van der Waals surface area contributed by atoms with Gasteiger partial charge in [0.05, 0.1) is 12.8 Å². The number of hydrogen-bond donors (Lipinski definition) is 0. The first kappa shape index (κ1) is 23.7. The second kappa shape index (κ2) is 11.1. The van der Waals surface area contributed by atoms with E-state index < -0.39 is 0 Å². The molecule has 2 aromatic carbocycles. The lowest BCUT2D eigenvalue weighted by Gasteiger charge is -2.31. The zero-order valence-corrected chi connectivity index (χ0v) is 21.0. The molecule has 2 aliphatic rings. The van der Waals surface area contributed by atoms with Gasteiger partial charge in [-0.2, -0.15) is 4.98 Å². The van der Waals surface area contributed by atoms with E-state index in [0.29, 0.717) is 12.6 Å². The van der Waals surface area contributed by atoms with E-state index in [1.165, 1.54) is 29.7 Å². The quantitative estimate of drug-likeness (QED) is 0.459. The molecule has 3 heterocycles. The Morgan fingerprint density at radius 2 is 1.63 bits per heavy atom. The molecular weight excluding hydrogens is 438 g/mol. The van der Waals surface area contributed by atoms with Gasteiger partial charge in [0.15, 0.2) is 0 Å². The fourth-order valence-corrected chi connectivity index (χ4v) is 4.98. The molecule has 7 heteroatoms. The van der Waals surface area contributed by atoms with Crippen molar-refractivity contribution < 1.29 is 9.15 Å².